The summed E-state index contributed by atoms with van der Waals surface area (Å²) < 4.78 is 9.84. The van der Waals surface area contributed by atoms with Crippen LogP contribution in [0.15, 0.2) is 23.0 Å². The second kappa shape index (κ2) is 4.67. The first-order chi connectivity index (χ1) is 6.92. The van der Waals surface area contributed by atoms with E-state index in [1.54, 1.807) is 6.26 Å². The summed E-state index contributed by atoms with van der Waals surface area (Å²) in [7, 11) is 5.12. The predicted molar refractivity (Wildman–Crippen MR) is 54.1 cm³/mol. The van der Waals surface area contributed by atoms with E-state index in [0.29, 0.717) is 18.4 Å². The van der Waals surface area contributed by atoms with E-state index in [-0.39, 0.29) is 0 Å². The van der Waals surface area contributed by atoms with E-state index < -0.39 is 0 Å². The van der Waals surface area contributed by atoms with Crippen LogP contribution in [0.3, 0.4) is 0 Å². The fourth-order valence-electron chi connectivity index (χ4n) is 2.15. The molecule has 0 aliphatic carbocycles. The molecule has 2 heterocycles. The molecular formula is C10H14BNO2. The van der Waals surface area contributed by atoms with E-state index in [1.807, 2.05) is 12.3 Å². The first-order valence-corrected chi connectivity index (χ1v) is 4.96. The molecule has 4 heteroatoms. The molecule has 74 valence electrons. The minimum Gasteiger partial charge on any atom is -0.472 e. The molecule has 3 nitrogen and oxygen atoms in total. The van der Waals surface area contributed by atoms with Gasteiger partial charge in [0.1, 0.15) is 0 Å². The highest BCUT2D eigenvalue weighted by molar-refractivity contribution is 5.97. The van der Waals surface area contributed by atoms with Crippen LogP contribution in [0.25, 0.3) is 0 Å². The zero-order chi connectivity index (χ0) is 9.80. The van der Waals surface area contributed by atoms with Crippen molar-refractivity contribution in [1.82, 2.24) is 5.32 Å². The third kappa shape index (κ3) is 2.02. The Labute approximate surface area is 85.3 Å². The Kier molecular flexibility index (Phi) is 3.27. The van der Waals surface area contributed by atoms with E-state index >= 15 is 0 Å². The lowest BCUT2D eigenvalue weighted by atomic mass is 9.83. The largest absolute Gasteiger partial charge is 0.472 e. The van der Waals surface area contributed by atoms with Gasteiger partial charge in [0.2, 0.25) is 0 Å². The van der Waals surface area contributed by atoms with E-state index in [9.17, 15) is 0 Å². The molecule has 1 aliphatic heterocycles. The van der Waals surface area contributed by atoms with Crippen molar-refractivity contribution in [2.24, 2.45) is 5.92 Å². The number of rotatable bonds is 3. The zero-order valence-corrected chi connectivity index (χ0v) is 8.11. The molecule has 0 spiro atoms. The second-order valence-corrected chi connectivity index (χ2v) is 3.75. The van der Waals surface area contributed by atoms with E-state index in [1.165, 1.54) is 5.56 Å². The number of nitrogens with one attached hydrogen (secondary N) is 1. The molecule has 2 rings (SSSR count). The zero-order valence-electron chi connectivity index (χ0n) is 8.11. The van der Waals surface area contributed by atoms with Crippen LogP contribution in [0.5, 0.6) is 0 Å². The molecule has 1 N–H and O–H groups in total. The molecule has 2 radical (unpaired) electrons. The number of hydrogen-bond acceptors (Lipinski definition) is 3. The molecule has 0 saturated carbocycles. The van der Waals surface area contributed by atoms with Gasteiger partial charge in [0.25, 0.3) is 8.05 Å². The van der Waals surface area contributed by atoms with Crippen molar-refractivity contribution >= 4 is 8.05 Å². The van der Waals surface area contributed by atoms with E-state index in [4.69, 9.17) is 17.1 Å². The number of furan rings is 1. The van der Waals surface area contributed by atoms with Crippen molar-refractivity contribution in [2.45, 2.75) is 12.3 Å². The maximum absolute atomic E-state index is 5.12. The predicted octanol–water partition coefficient (Wildman–Crippen LogP) is 1.07. The molecule has 1 aliphatic rings. The van der Waals surface area contributed by atoms with Gasteiger partial charge in [0.05, 0.1) is 12.5 Å². The maximum Gasteiger partial charge on any atom is 0.282 e. The molecule has 0 aromatic carbocycles. The van der Waals surface area contributed by atoms with Crippen molar-refractivity contribution in [3.63, 3.8) is 0 Å². The van der Waals surface area contributed by atoms with Gasteiger partial charge in [-0.3, -0.25) is 0 Å². The van der Waals surface area contributed by atoms with Crippen LogP contribution in [-0.2, 0) is 4.65 Å². The van der Waals surface area contributed by atoms with Gasteiger partial charge in [-0.25, -0.2) is 0 Å². The van der Waals surface area contributed by atoms with Crippen LogP contribution >= 0.6 is 0 Å². The Hall–Kier alpha value is -0.735. The Balaban J connectivity index is 2.06. The van der Waals surface area contributed by atoms with Gasteiger partial charge in [-0.05, 0) is 36.4 Å². The summed E-state index contributed by atoms with van der Waals surface area (Å²) in [6.07, 6.45) is 4.66. The van der Waals surface area contributed by atoms with Gasteiger partial charge in [0.15, 0.2) is 0 Å². The van der Waals surface area contributed by atoms with Gasteiger partial charge < -0.3 is 14.4 Å². The molecule has 2 atom stereocenters. The van der Waals surface area contributed by atoms with Crippen molar-refractivity contribution in [3.05, 3.63) is 24.2 Å². The quantitative estimate of drug-likeness (QED) is 0.725. The highest BCUT2D eigenvalue weighted by atomic mass is 16.4. The van der Waals surface area contributed by atoms with E-state index in [2.05, 4.69) is 5.32 Å². The average Bonchev–Trinajstić information content (AvgIpc) is 2.72. The van der Waals surface area contributed by atoms with Gasteiger partial charge in [-0.15, -0.1) is 0 Å². The highest BCUT2D eigenvalue weighted by Gasteiger charge is 2.26. The van der Waals surface area contributed by atoms with Gasteiger partial charge in [-0.2, -0.15) is 0 Å². The Morgan fingerprint density at radius 1 is 1.64 bits per heavy atom. The van der Waals surface area contributed by atoms with E-state index in [0.717, 1.165) is 19.5 Å². The first kappa shape index (κ1) is 9.81. The van der Waals surface area contributed by atoms with Crippen LogP contribution in [0.2, 0.25) is 0 Å². The first-order valence-electron chi connectivity index (χ1n) is 4.96. The lowest BCUT2D eigenvalue weighted by Crippen LogP contribution is -2.37. The SMILES string of the molecule is [B]OCC1CNCC[C@H]1c1ccoc1. The highest BCUT2D eigenvalue weighted by Crippen LogP contribution is 2.30. The Morgan fingerprint density at radius 2 is 2.57 bits per heavy atom. The monoisotopic (exact) mass is 191 g/mol. The smallest absolute Gasteiger partial charge is 0.282 e. The third-order valence-corrected chi connectivity index (χ3v) is 2.89. The number of hydrogen-bond donors (Lipinski definition) is 1. The topological polar surface area (TPSA) is 34.4 Å². The molecule has 1 saturated heterocycles. The molecular weight excluding hydrogens is 177 g/mol. The minimum absolute atomic E-state index is 0.450. The Morgan fingerprint density at radius 3 is 3.29 bits per heavy atom. The molecule has 1 aromatic rings. The average molecular weight is 191 g/mol. The standard InChI is InChI=1S/C10H14BNO2/c11-14-7-9-5-12-3-1-10(9)8-2-4-13-6-8/h2,4,6,9-10,12H,1,3,5,7H2/t9?,10-/m0/s1. The van der Waals surface area contributed by atoms with Gasteiger partial charge >= 0.3 is 0 Å². The molecule has 0 amide bonds. The molecule has 1 fully saturated rings. The third-order valence-electron chi connectivity index (χ3n) is 2.89. The lowest BCUT2D eigenvalue weighted by Gasteiger charge is -2.31. The van der Waals surface area contributed by atoms with Crippen molar-refractivity contribution in [3.8, 4) is 0 Å². The number of piperidine rings is 1. The summed E-state index contributed by atoms with van der Waals surface area (Å²) in [5.74, 6) is 0.963. The normalized spacial score (nSPS) is 27.7. The summed E-state index contributed by atoms with van der Waals surface area (Å²) >= 11 is 0. The second-order valence-electron chi connectivity index (χ2n) is 3.75. The molecule has 14 heavy (non-hydrogen) atoms. The minimum atomic E-state index is 0.450. The van der Waals surface area contributed by atoms with Crippen molar-refractivity contribution in [2.75, 3.05) is 19.7 Å². The molecule has 0 bridgehead atoms. The van der Waals surface area contributed by atoms with Crippen molar-refractivity contribution in [1.29, 1.82) is 0 Å². The van der Waals surface area contributed by atoms with Gasteiger partial charge in [0, 0.05) is 13.2 Å². The summed E-state index contributed by atoms with van der Waals surface area (Å²) in [6, 6.07) is 2.03. The van der Waals surface area contributed by atoms with Crippen LogP contribution in [-0.4, -0.2) is 27.7 Å². The summed E-state index contributed by atoms with van der Waals surface area (Å²) in [6.45, 7) is 2.62. The molecule has 1 unspecified atom stereocenters. The summed E-state index contributed by atoms with van der Waals surface area (Å²) in [5, 5.41) is 3.35. The Bertz CT molecular complexity index is 261. The summed E-state index contributed by atoms with van der Waals surface area (Å²) in [4.78, 5) is 0. The fraction of sp³-hybridized carbons (Fsp3) is 0.600. The summed E-state index contributed by atoms with van der Waals surface area (Å²) in [5.41, 5.74) is 1.26. The van der Waals surface area contributed by atoms with Crippen LogP contribution < -0.4 is 5.32 Å². The van der Waals surface area contributed by atoms with Crippen LogP contribution in [0.4, 0.5) is 0 Å². The van der Waals surface area contributed by atoms with Crippen LogP contribution in [0.1, 0.15) is 17.9 Å². The van der Waals surface area contributed by atoms with Gasteiger partial charge in [-0.1, -0.05) is 0 Å². The van der Waals surface area contributed by atoms with Crippen molar-refractivity contribution < 1.29 is 9.07 Å². The maximum atomic E-state index is 5.12. The molecule has 1 aromatic heterocycles. The lowest BCUT2D eigenvalue weighted by molar-refractivity contribution is 0.208. The van der Waals surface area contributed by atoms with Crippen LogP contribution in [0, 0.1) is 5.92 Å². The fourth-order valence-corrected chi connectivity index (χ4v) is 2.15.